The van der Waals surface area contributed by atoms with Crippen molar-refractivity contribution >= 4 is 11.6 Å². The summed E-state index contributed by atoms with van der Waals surface area (Å²) >= 11 is 5.91. The molecule has 76 valence electrons. The zero-order chi connectivity index (χ0) is 9.54. The molecule has 14 heavy (non-hydrogen) atoms. The van der Waals surface area contributed by atoms with Crippen molar-refractivity contribution in [3.05, 3.63) is 11.6 Å². The van der Waals surface area contributed by atoms with Crippen LogP contribution in [-0.4, -0.2) is 14.8 Å². The van der Waals surface area contributed by atoms with Crippen molar-refractivity contribution in [1.29, 1.82) is 0 Å². The van der Waals surface area contributed by atoms with Crippen molar-refractivity contribution in [2.75, 3.05) is 0 Å². The zero-order valence-electron chi connectivity index (χ0n) is 8.06. The van der Waals surface area contributed by atoms with Crippen molar-refractivity contribution in [2.24, 2.45) is 17.8 Å². The van der Waals surface area contributed by atoms with Gasteiger partial charge in [0.05, 0.1) is 0 Å². The Labute approximate surface area is 88.5 Å². The molecule has 1 heterocycles. The molecule has 2 fully saturated rings. The molecule has 2 saturated carbocycles. The molecule has 1 aromatic heterocycles. The molecule has 0 amide bonds. The molecule has 0 saturated heterocycles. The highest BCUT2D eigenvalue weighted by atomic mass is 35.5. The summed E-state index contributed by atoms with van der Waals surface area (Å²) in [7, 11) is 0. The molecule has 0 N–H and O–H groups in total. The number of fused-ring (bicyclic) bond motifs is 2. The second kappa shape index (κ2) is 3.23. The molecule has 2 aliphatic carbocycles. The van der Waals surface area contributed by atoms with Crippen molar-refractivity contribution in [2.45, 2.75) is 32.2 Å². The number of hydrogen-bond acceptors (Lipinski definition) is 2. The third kappa shape index (κ3) is 1.34. The van der Waals surface area contributed by atoms with Crippen molar-refractivity contribution in [3.8, 4) is 0 Å². The lowest BCUT2D eigenvalue weighted by molar-refractivity contribution is 0.295. The third-order valence-corrected chi connectivity index (χ3v) is 4.18. The largest absolute Gasteiger partial charge is 0.304 e. The van der Waals surface area contributed by atoms with Crippen LogP contribution in [0.1, 0.15) is 25.7 Å². The average Bonchev–Trinajstić information content (AvgIpc) is 2.83. The van der Waals surface area contributed by atoms with Crippen LogP contribution in [0.5, 0.6) is 0 Å². The van der Waals surface area contributed by atoms with Gasteiger partial charge in [-0.15, -0.1) is 10.2 Å². The molecule has 0 aliphatic heterocycles. The predicted molar refractivity (Wildman–Crippen MR) is 54.0 cm³/mol. The molecule has 0 aromatic carbocycles. The first kappa shape index (κ1) is 8.72. The van der Waals surface area contributed by atoms with E-state index in [1.54, 1.807) is 6.33 Å². The van der Waals surface area contributed by atoms with Crippen molar-refractivity contribution < 1.29 is 0 Å². The van der Waals surface area contributed by atoms with Gasteiger partial charge in [0.1, 0.15) is 6.33 Å². The number of halogens is 1. The van der Waals surface area contributed by atoms with Crippen LogP contribution < -0.4 is 0 Å². The molecule has 1 aromatic rings. The summed E-state index contributed by atoms with van der Waals surface area (Å²) in [5.41, 5.74) is 0. The molecular formula is C10H14ClN3. The minimum atomic E-state index is 0.535. The fraction of sp³-hybridized carbons (Fsp3) is 0.800. The average molecular weight is 212 g/mol. The van der Waals surface area contributed by atoms with Crippen molar-refractivity contribution in [1.82, 2.24) is 14.8 Å². The van der Waals surface area contributed by atoms with Gasteiger partial charge in [-0.05, 0) is 48.6 Å². The van der Waals surface area contributed by atoms with Crippen LogP contribution in [0.4, 0.5) is 0 Å². The number of rotatable bonds is 2. The van der Waals surface area contributed by atoms with Gasteiger partial charge in [0.2, 0.25) is 5.28 Å². The van der Waals surface area contributed by atoms with Crippen LogP contribution >= 0.6 is 11.6 Å². The monoisotopic (exact) mass is 211 g/mol. The lowest BCUT2D eigenvalue weighted by atomic mass is 9.89. The van der Waals surface area contributed by atoms with E-state index < -0.39 is 0 Å². The van der Waals surface area contributed by atoms with Gasteiger partial charge in [-0.2, -0.15) is 0 Å². The Morgan fingerprint density at radius 1 is 1.43 bits per heavy atom. The maximum atomic E-state index is 5.91. The highest BCUT2D eigenvalue weighted by Gasteiger charge is 2.39. The van der Waals surface area contributed by atoms with E-state index in [0.29, 0.717) is 5.28 Å². The molecule has 3 rings (SSSR count). The summed E-state index contributed by atoms with van der Waals surface area (Å²) in [6, 6.07) is 0. The van der Waals surface area contributed by atoms with Gasteiger partial charge >= 0.3 is 0 Å². The van der Waals surface area contributed by atoms with Crippen molar-refractivity contribution in [3.63, 3.8) is 0 Å². The Bertz CT molecular complexity index is 336. The van der Waals surface area contributed by atoms with Gasteiger partial charge in [-0.25, -0.2) is 0 Å². The molecule has 2 aliphatic rings. The van der Waals surface area contributed by atoms with E-state index in [4.69, 9.17) is 11.6 Å². The number of nitrogens with zero attached hydrogens (tertiary/aromatic N) is 3. The van der Waals surface area contributed by atoms with Crippen LogP contribution in [0.2, 0.25) is 5.28 Å². The first-order valence-corrected chi connectivity index (χ1v) is 5.74. The minimum Gasteiger partial charge on any atom is -0.304 e. The second-order valence-electron chi connectivity index (χ2n) is 4.69. The Morgan fingerprint density at radius 3 is 2.93 bits per heavy atom. The van der Waals surface area contributed by atoms with E-state index in [9.17, 15) is 0 Å². The summed E-state index contributed by atoms with van der Waals surface area (Å²) < 4.78 is 1.98. The van der Waals surface area contributed by atoms with E-state index >= 15 is 0 Å². The van der Waals surface area contributed by atoms with Crippen LogP contribution in [0.15, 0.2) is 6.33 Å². The van der Waals surface area contributed by atoms with Crippen LogP contribution in [0.3, 0.4) is 0 Å². The Kier molecular flexibility index (Phi) is 2.01. The van der Waals surface area contributed by atoms with Gasteiger partial charge in [0.25, 0.3) is 0 Å². The quantitative estimate of drug-likeness (QED) is 0.752. The van der Waals surface area contributed by atoms with E-state index in [2.05, 4.69) is 10.2 Å². The maximum absolute atomic E-state index is 5.91. The molecule has 2 bridgehead atoms. The first-order valence-electron chi connectivity index (χ1n) is 5.36. The number of hydrogen-bond donors (Lipinski definition) is 0. The smallest absolute Gasteiger partial charge is 0.224 e. The highest BCUT2D eigenvalue weighted by Crippen LogP contribution is 2.48. The van der Waals surface area contributed by atoms with E-state index in [-0.39, 0.29) is 0 Å². The lowest BCUT2D eigenvalue weighted by Gasteiger charge is -2.21. The topological polar surface area (TPSA) is 30.7 Å². The predicted octanol–water partition coefficient (Wildman–Crippen LogP) is 2.37. The zero-order valence-corrected chi connectivity index (χ0v) is 8.82. The molecule has 0 radical (unpaired) electrons. The van der Waals surface area contributed by atoms with Crippen LogP contribution in [0, 0.1) is 17.8 Å². The summed E-state index contributed by atoms with van der Waals surface area (Å²) in [5, 5.41) is 8.14. The van der Waals surface area contributed by atoms with Crippen LogP contribution in [0.25, 0.3) is 0 Å². The van der Waals surface area contributed by atoms with Gasteiger partial charge in [0, 0.05) is 6.54 Å². The molecule has 3 unspecified atom stereocenters. The minimum absolute atomic E-state index is 0.535. The summed E-state index contributed by atoms with van der Waals surface area (Å²) in [5.74, 6) is 2.76. The van der Waals surface area contributed by atoms with Crippen LogP contribution in [-0.2, 0) is 6.54 Å². The Hall–Kier alpha value is -0.570. The Morgan fingerprint density at radius 2 is 2.36 bits per heavy atom. The summed E-state index contributed by atoms with van der Waals surface area (Å²) in [6.45, 7) is 1.02. The highest BCUT2D eigenvalue weighted by molar-refractivity contribution is 6.28. The van der Waals surface area contributed by atoms with Gasteiger partial charge in [0.15, 0.2) is 0 Å². The molecule has 4 heteroatoms. The molecule has 0 spiro atoms. The fourth-order valence-corrected chi connectivity index (χ4v) is 3.37. The lowest BCUT2D eigenvalue weighted by Crippen LogP contribution is -2.16. The SMILES string of the molecule is Clc1nncn1CC1CC2CCC1C2. The summed E-state index contributed by atoms with van der Waals surface area (Å²) in [6.07, 6.45) is 7.46. The number of aromatic nitrogens is 3. The van der Waals surface area contributed by atoms with Gasteiger partial charge in [-0.1, -0.05) is 6.42 Å². The third-order valence-electron chi connectivity index (χ3n) is 3.88. The second-order valence-corrected chi connectivity index (χ2v) is 5.03. The fourth-order valence-electron chi connectivity index (χ4n) is 3.22. The normalized spacial score (nSPS) is 35.4. The molecule has 3 nitrogen and oxygen atoms in total. The molecular weight excluding hydrogens is 198 g/mol. The van der Waals surface area contributed by atoms with E-state index in [1.165, 1.54) is 25.7 Å². The van der Waals surface area contributed by atoms with Gasteiger partial charge < -0.3 is 4.57 Å². The Balaban J connectivity index is 1.71. The molecule has 3 atom stereocenters. The van der Waals surface area contributed by atoms with E-state index in [1.807, 2.05) is 4.57 Å². The maximum Gasteiger partial charge on any atom is 0.224 e. The van der Waals surface area contributed by atoms with Gasteiger partial charge in [-0.3, -0.25) is 0 Å². The first-order chi connectivity index (χ1) is 6.83. The standard InChI is InChI=1S/C10H14ClN3/c11-10-13-12-6-14(10)5-9-4-7-1-2-8(9)3-7/h6-9H,1-5H2. The summed E-state index contributed by atoms with van der Waals surface area (Å²) in [4.78, 5) is 0. The van der Waals surface area contributed by atoms with E-state index in [0.717, 1.165) is 24.3 Å².